The van der Waals surface area contributed by atoms with E-state index < -0.39 is 6.09 Å². The highest BCUT2D eigenvalue weighted by molar-refractivity contribution is 5.94. The number of rotatable bonds is 3. The van der Waals surface area contributed by atoms with E-state index in [0.29, 0.717) is 11.3 Å². The monoisotopic (exact) mass is 292 g/mol. The second-order valence-electron chi connectivity index (χ2n) is 4.98. The molecule has 1 aliphatic rings. The van der Waals surface area contributed by atoms with Gasteiger partial charge in [0.05, 0.1) is 19.3 Å². The Kier molecular flexibility index (Phi) is 5.10. The fraction of sp³-hybridized carbons (Fsp3) is 0.500. The molecular formula is C14H20N4O3. The first kappa shape index (κ1) is 15.2. The first-order valence-corrected chi connectivity index (χ1v) is 6.84. The van der Waals surface area contributed by atoms with Gasteiger partial charge in [0.25, 0.3) is 5.91 Å². The predicted octanol–water partition coefficient (Wildman–Crippen LogP) is 0.325. The van der Waals surface area contributed by atoms with Crippen molar-refractivity contribution in [1.29, 1.82) is 0 Å². The summed E-state index contributed by atoms with van der Waals surface area (Å²) < 4.78 is 4.50. The van der Waals surface area contributed by atoms with Gasteiger partial charge in [-0.15, -0.1) is 0 Å². The van der Waals surface area contributed by atoms with Crippen molar-refractivity contribution in [2.45, 2.75) is 6.54 Å². The molecule has 0 aliphatic carbocycles. The van der Waals surface area contributed by atoms with Gasteiger partial charge in [-0.2, -0.15) is 0 Å². The minimum Gasteiger partial charge on any atom is -0.453 e. The topological polar surface area (TPSA) is 74.8 Å². The van der Waals surface area contributed by atoms with E-state index in [4.69, 9.17) is 0 Å². The molecule has 1 fully saturated rings. The van der Waals surface area contributed by atoms with Crippen LogP contribution in [-0.4, -0.2) is 67.1 Å². The van der Waals surface area contributed by atoms with E-state index in [1.807, 2.05) is 11.9 Å². The molecule has 0 saturated carbocycles. The van der Waals surface area contributed by atoms with Gasteiger partial charge in [-0.05, 0) is 19.2 Å². The highest BCUT2D eigenvalue weighted by Crippen LogP contribution is 2.09. The first-order valence-electron chi connectivity index (χ1n) is 6.84. The molecule has 1 aromatic rings. The zero-order chi connectivity index (χ0) is 15.2. The van der Waals surface area contributed by atoms with Crippen molar-refractivity contribution in [2.24, 2.45) is 0 Å². The number of hydrogen-bond donors (Lipinski definition) is 1. The zero-order valence-electron chi connectivity index (χ0n) is 12.3. The molecular weight excluding hydrogens is 272 g/mol. The zero-order valence-corrected chi connectivity index (χ0v) is 12.3. The summed E-state index contributed by atoms with van der Waals surface area (Å²) in [5.74, 6) is 0.00446. The molecule has 0 atom stereocenters. The minimum atomic E-state index is -0.521. The Balaban J connectivity index is 1.99. The lowest BCUT2D eigenvalue weighted by atomic mass is 10.2. The Morgan fingerprint density at radius 1 is 1.33 bits per heavy atom. The van der Waals surface area contributed by atoms with Gasteiger partial charge in [-0.25, -0.2) is 4.79 Å². The highest BCUT2D eigenvalue weighted by Gasteiger charge is 2.20. The lowest BCUT2D eigenvalue weighted by Crippen LogP contribution is -2.47. The molecule has 7 heteroatoms. The predicted molar refractivity (Wildman–Crippen MR) is 76.9 cm³/mol. The number of likely N-dealkylation sites (N-methyl/N-ethyl adjacent to an activating group) is 1. The van der Waals surface area contributed by atoms with Gasteiger partial charge in [0.15, 0.2) is 0 Å². The van der Waals surface area contributed by atoms with Crippen LogP contribution in [-0.2, 0) is 11.3 Å². The first-order chi connectivity index (χ1) is 10.1. The molecule has 1 N–H and O–H groups in total. The fourth-order valence-corrected chi connectivity index (χ4v) is 2.13. The van der Waals surface area contributed by atoms with Crippen molar-refractivity contribution in [3.8, 4) is 0 Å². The normalized spacial score (nSPS) is 15.6. The van der Waals surface area contributed by atoms with Gasteiger partial charge in [-0.1, -0.05) is 0 Å². The van der Waals surface area contributed by atoms with Gasteiger partial charge >= 0.3 is 6.09 Å². The van der Waals surface area contributed by atoms with Crippen molar-refractivity contribution in [2.75, 3.05) is 40.3 Å². The number of amides is 2. The van der Waals surface area contributed by atoms with Crippen LogP contribution < -0.4 is 5.32 Å². The Hall–Kier alpha value is -2.15. The molecule has 7 nitrogen and oxygen atoms in total. The maximum Gasteiger partial charge on any atom is 0.407 e. The highest BCUT2D eigenvalue weighted by atomic mass is 16.5. The molecule has 0 unspecified atom stereocenters. The third-order valence-electron chi connectivity index (χ3n) is 3.45. The lowest BCUT2D eigenvalue weighted by molar-refractivity contribution is 0.0664. The summed E-state index contributed by atoms with van der Waals surface area (Å²) in [6, 6.07) is 3.40. The number of piperazine rings is 1. The molecule has 1 aliphatic heterocycles. The van der Waals surface area contributed by atoms with Crippen molar-refractivity contribution in [3.05, 3.63) is 29.6 Å². The van der Waals surface area contributed by atoms with Crippen LogP contribution in [0, 0.1) is 0 Å². The minimum absolute atomic E-state index is 0.00446. The molecule has 0 radical (unpaired) electrons. The average molecular weight is 292 g/mol. The van der Waals surface area contributed by atoms with Crippen LogP contribution in [0.2, 0.25) is 0 Å². The van der Waals surface area contributed by atoms with Crippen LogP contribution in [0.4, 0.5) is 4.79 Å². The molecule has 0 spiro atoms. The van der Waals surface area contributed by atoms with Crippen LogP contribution in [0.15, 0.2) is 18.3 Å². The Bertz CT molecular complexity index is 513. The summed E-state index contributed by atoms with van der Waals surface area (Å²) in [5, 5.41) is 2.54. The number of ether oxygens (including phenoxy) is 1. The van der Waals surface area contributed by atoms with E-state index >= 15 is 0 Å². The number of carbonyl (C=O) groups is 2. The van der Waals surface area contributed by atoms with Crippen molar-refractivity contribution >= 4 is 12.0 Å². The number of carbonyl (C=O) groups excluding carboxylic acids is 2. The standard InChI is InChI=1S/C14H20N4O3/c1-17-5-7-18(8-6-17)13(19)11-3-4-15-12(9-11)10-16-14(20)21-2/h3-4,9H,5-8,10H2,1-2H3,(H,16,20). The largest absolute Gasteiger partial charge is 0.453 e. The van der Waals surface area contributed by atoms with E-state index in [2.05, 4.69) is 19.9 Å². The summed E-state index contributed by atoms with van der Waals surface area (Å²) in [4.78, 5) is 31.6. The number of nitrogens with one attached hydrogen (secondary N) is 1. The lowest BCUT2D eigenvalue weighted by Gasteiger charge is -2.32. The molecule has 2 heterocycles. The van der Waals surface area contributed by atoms with Gasteiger partial charge in [0.1, 0.15) is 0 Å². The smallest absolute Gasteiger partial charge is 0.407 e. The second-order valence-corrected chi connectivity index (χ2v) is 4.98. The van der Waals surface area contributed by atoms with E-state index in [9.17, 15) is 9.59 Å². The molecule has 1 saturated heterocycles. The third-order valence-corrected chi connectivity index (χ3v) is 3.45. The second kappa shape index (κ2) is 7.03. The molecule has 21 heavy (non-hydrogen) atoms. The van der Waals surface area contributed by atoms with E-state index in [-0.39, 0.29) is 12.5 Å². The number of methoxy groups -OCH3 is 1. The molecule has 2 amide bonds. The van der Waals surface area contributed by atoms with Gasteiger partial charge in [0, 0.05) is 37.9 Å². The number of pyridine rings is 1. The van der Waals surface area contributed by atoms with Crippen LogP contribution in [0.1, 0.15) is 16.1 Å². The van der Waals surface area contributed by atoms with Gasteiger partial charge in [0.2, 0.25) is 0 Å². The van der Waals surface area contributed by atoms with E-state index in [1.165, 1.54) is 7.11 Å². The maximum atomic E-state index is 12.4. The number of nitrogens with zero attached hydrogens (tertiary/aromatic N) is 3. The van der Waals surface area contributed by atoms with Crippen LogP contribution in [0.3, 0.4) is 0 Å². The van der Waals surface area contributed by atoms with Crippen molar-refractivity contribution < 1.29 is 14.3 Å². The molecule has 114 valence electrons. The van der Waals surface area contributed by atoms with Crippen LogP contribution >= 0.6 is 0 Å². The molecule has 1 aromatic heterocycles. The van der Waals surface area contributed by atoms with E-state index in [0.717, 1.165) is 26.2 Å². The van der Waals surface area contributed by atoms with Gasteiger partial charge in [-0.3, -0.25) is 9.78 Å². The number of hydrogen-bond acceptors (Lipinski definition) is 5. The summed E-state index contributed by atoms with van der Waals surface area (Å²) in [6.45, 7) is 3.46. The summed E-state index contributed by atoms with van der Waals surface area (Å²) >= 11 is 0. The van der Waals surface area contributed by atoms with Crippen molar-refractivity contribution in [1.82, 2.24) is 20.1 Å². The fourth-order valence-electron chi connectivity index (χ4n) is 2.13. The Morgan fingerprint density at radius 3 is 2.71 bits per heavy atom. The number of aromatic nitrogens is 1. The van der Waals surface area contributed by atoms with Crippen molar-refractivity contribution in [3.63, 3.8) is 0 Å². The Labute approximate surface area is 123 Å². The Morgan fingerprint density at radius 2 is 2.05 bits per heavy atom. The SMILES string of the molecule is COC(=O)NCc1cc(C(=O)N2CCN(C)CC2)ccn1. The molecule has 0 aromatic carbocycles. The van der Waals surface area contributed by atoms with Gasteiger partial charge < -0.3 is 19.9 Å². The molecule has 2 rings (SSSR count). The van der Waals surface area contributed by atoms with Crippen LogP contribution in [0.25, 0.3) is 0 Å². The van der Waals surface area contributed by atoms with E-state index in [1.54, 1.807) is 18.3 Å². The summed E-state index contributed by atoms with van der Waals surface area (Å²) in [7, 11) is 3.35. The quantitative estimate of drug-likeness (QED) is 0.868. The summed E-state index contributed by atoms with van der Waals surface area (Å²) in [5.41, 5.74) is 1.22. The molecule has 0 bridgehead atoms. The van der Waals surface area contributed by atoms with Crippen LogP contribution in [0.5, 0.6) is 0 Å². The third kappa shape index (κ3) is 4.16. The number of alkyl carbamates (subject to hydrolysis) is 1. The summed E-state index contributed by atoms with van der Waals surface area (Å²) in [6.07, 6.45) is 1.06. The maximum absolute atomic E-state index is 12.4. The average Bonchev–Trinajstić information content (AvgIpc) is 2.53.